The van der Waals surface area contributed by atoms with Crippen molar-refractivity contribution in [1.82, 2.24) is 4.90 Å². The summed E-state index contributed by atoms with van der Waals surface area (Å²) >= 11 is 0. The van der Waals surface area contributed by atoms with Crippen molar-refractivity contribution in [3.05, 3.63) is 29.3 Å². The fourth-order valence-corrected chi connectivity index (χ4v) is 2.59. The molecule has 0 amide bonds. The van der Waals surface area contributed by atoms with Crippen LogP contribution < -0.4 is 4.74 Å². The van der Waals surface area contributed by atoms with Gasteiger partial charge in [-0.15, -0.1) is 0 Å². The van der Waals surface area contributed by atoms with Gasteiger partial charge in [0.2, 0.25) is 0 Å². The van der Waals surface area contributed by atoms with E-state index in [0.717, 1.165) is 16.9 Å². The molecule has 106 valence electrons. The summed E-state index contributed by atoms with van der Waals surface area (Å²) in [5.41, 5.74) is 1.99. The summed E-state index contributed by atoms with van der Waals surface area (Å²) in [6.45, 7) is 5.31. The molecule has 0 spiro atoms. The van der Waals surface area contributed by atoms with Crippen LogP contribution >= 0.6 is 0 Å². The molecular formula is C15H23NO3. The second-order valence-electron chi connectivity index (χ2n) is 5.45. The highest BCUT2D eigenvalue weighted by Gasteiger charge is 2.33. The maximum absolute atomic E-state index is 10.5. The molecule has 1 aliphatic rings. The molecule has 0 radical (unpaired) electrons. The second-order valence-corrected chi connectivity index (χ2v) is 5.45. The Morgan fingerprint density at radius 3 is 2.79 bits per heavy atom. The number of hydrogen-bond donors (Lipinski definition) is 2. The Morgan fingerprint density at radius 2 is 2.16 bits per heavy atom. The Labute approximate surface area is 114 Å². The Balaban J connectivity index is 2.29. The molecule has 4 nitrogen and oxygen atoms in total. The molecule has 2 unspecified atom stereocenters. The van der Waals surface area contributed by atoms with E-state index in [4.69, 9.17) is 9.84 Å². The standard InChI is InChI=1S/C15H23NO3/c1-10(2)11-5-4-6-12-14(18)13(9-19-15(11)12)16(3)7-8-17/h4-6,10,13-14,17-18H,7-9H2,1-3H3. The number of likely N-dealkylation sites (N-methyl/N-ethyl adjacent to an activating group) is 1. The Hall–Kier alpha value is -1.10. The third kappa shape index (κ3) is 2.76. The number of nitrogens with zero attached hydrogens (tertiary/aromatic N) is 1. The average molecular weight is 265 g/mol. The molecule has 0 aromatic heterocycles. The lowest BCUT2D eigenvalue weighted by Gasteiger charge is -2.37. The molecule has 1 aromatic rings. The number of para-hydroxylation sites is 1. The molecule has 0 bridgehead atoms. The summed E-state index contributed by atoms with van der Waals surface area (Å²) in [6.07, 6.45) is -0.570. The average Bonchev–Trinajstić information content (AvgIpc) is 2.38. The first kappa shape index (κ1) is 14.3. The lowest BCUT2D eigenvalue weighted by Crippen LogP contribution is -2.45. The molecule has 1 aromatic carbocycles. The summed E-state index contributed by atoms with van der Waals surface area (Å²) in [6, 6.07) is 5.83. The van der Waals surface area contributed by atoms with Gasteiger partial charge in [-0.2, -0.15) is 0 Å². The fourth-order valence-electron chi connectivity index (χ4n) is 2.59. The molecular weight excluding hydrogens is 242 g/mol. The summed E-state index contributed by atoms with van der Waals surface area (Å²) in [5.74, 6) is 1.20. The monoisotopic (exact) mass is 265 g/mol. The zero-order chi connectivity index (χ0) is 14.0. The molecule has 4 heteroatoms. The highest BCUT2D eigenvalue weighted by Crippen LogP contribution is 2.39. The zero-order valence-electron chi connectivity index (χ0n) is 11.8. The third-order valence-electron chi connectivity index (χ3n) is 3.80. The minimum absolute atomic E-state index is 0.0820. The van der Waals surface area contributed by atoms with Gasteiger partial charge in [-0.3, -0.25) is 4.90 Å². The van der Waals surface area contributed by atoms with Crippen LogP contribution in [0, 0.1) is 0 Å². The van der Waals surface area contributed by atoms with Gasteiger partial charge in [-0.1, -0.05) is 32.0 Å². The lowest BCUT2D eigenvalue weighted by atomic mass is 9.92. The number of hydrogen-bond acceptors (Lipinski definition) is 4. The Bertz CT molecular complexity index is 433. The van der Waals surface area contributed by atoms with Gasteiger partial charge in [-0.25, -0.2) is 0 Å². The number of fused-ring (bicyclic) bond motifs is 1. The van der Waals surface area contributed by atoms with E-state index in [9.17, 15) is 5.11 Å². The number of ether oxygens (including phenoxy) is 1. The van der Waals surface area contributed by atoms with Crippen molar-refractivity contribution in [3.8, 4) is 5.75 Å². The first-order valence-electron chi connectivity index (χ1n) is 6.81. The van der Waals surface area contributed by atoms with E-state index < -0.39 is 6.10 Å². The van der Waals surface area contributed by atoms with E-state index >= 15 is 0 Å². The molecule has 0 saturated carbocycles. The van der Waals surface area contributed by atoms with Crippen LogP contribution in [0.5, 0.6) is 5.75 Å². The summed E-state index contributed by atoms with van der Waals surface area (Å²) in [5, 5.41) is 19.5. The van der Waals surface area contributed by atoms with Gasteiger partial charge >= 0.3 is 0 Å². The molecule has 1 heterocycles. The molecule has 0 fully saturated rings. The fraction of sp³-hybridized carbons (Fsp3) is 0.600. The zero-order valence-corrected chi connectivity index (χ0v) is 11.8. The Kier molecular flexibility index (Phi) is 4.45. The van der Waals surface area contributed by atoms with E-state index in [1.54, 1.807) is 0 Å². The molecule has 2 N–H and O–H groups in total. The van der Waals surface area contributed by atoms with Gasteiger partial charge in [0.1, 0.15) is 18.5 Å². The van der Waals surface area contributed by atoms with Crippen molar-refractivity contribution in [2.24, 2.45) is 0 Å². The van der Waals surface area contributed by atoms with Crippen LogP contribution in [-0.4, -0.2) is 48.0 Å². The van der Waals surface area contributed by atoms with E-state index in [2.05, 4.69) is 13.8 Å². The molecule has 1 aliphatic heterocycles. The van der Waals surface area contributed by atoms with Crippen LogP contribution in [0.3, 0.4) is 0 Å². The number of rotatable bonds is 4. The van der Waals surface area contributed by atoms with Crippen molar-refractivity contribution in [1.29, 1.82) is 0 Å². The largest absolute Gasteiger partial charge is 0.491 e. The lowest BCUT2D eigenvalue weighted by molar-refractivity contribution is 0.00900. The molecule has 2 rings (SSSR count). The van der Waals surface area contributed by atoms with Crippen molar-refractivity contribution in [2.75, 3.05) is 26.8 Å². The summed E-state index contributed by atoms with van der Waals surface area (Å²) in [7, 11) is 1.89. The maximum atomic E-state index is 10.5. The highest BCUT2D eigenvalue weighted by molar-refractivity contribution is 5.46. The summed E-state index contributed by atoms with van der Waals surface area (Å²) < 4.78 is 5.88. The van der Waals surface area contributed by atoms with Gasteiger partial charge in [-0.05, 0) is 18.5 Å². The van der Waals surface area contributed by atoms with E-state index in [1.807, 2.05) is 30.1 Å². The van der Waals surface area contributed by atoms with Gasteiger partial charge in [0, 0.05) is 12.1 Å². The van der Waals surface area contributed by atoms with Crippen molar-refractivity contribution < 1.29 is 14.9 Å². The number of aliphatic hydroxyl groups excluding tert-OH is 2. The number of aliphatic hydroxyl groups is 2. The van der Waals surface area contributed by atoms with Gasteiger partial charge in [0.15, 0.2) is 0 Å². The molecule has 0 aliphatic carbocycles. The van der Waals surface area contributed by atoms with Crippen LogP contribution in [0.1, 0.15) is 37.0 Å². The predicted octanol–water partition coefficient (Wildman–Crippen LogP) is 1.53. The van der Waals surface area contributed by atoms with Crippen molar-refractivity contribution in [3.63, 3.8) is 0 Å². The topological polar surface area (TPSA) is 52.9 Å². The molecule has 2 atom stereocenters. The SMILES string of the molecule is CC(C)c1cccc2c1OCC(N(C)CCO)C2O. The quantitative estimate of drug-likeness (QED) is 0.867. The van der Waals surface area contributed by atoms with Gasteiger partial charge < -0.3 is 14.9 Å². The summed E-state index contributed by atoms with van der Waals surface area (Å²) in [4.78, 5) is 1.94. The minimum atomic E-state index is -0.570. The molecule has 0 saturated heterocycles. The second kappa shape index (κ2) is 5.90. The number of benzene rings is 1. The van der Waals surface area contributed by atoms with Crippen LogP contribution in [0.2, 0.25) is 0 Å². The van der Waals surface area contributed by atoms with E-state index in [-0.39, 0.29) is 12.6 Å². The van der Waals surface area contributed by atoms with Crippen LogP contribution in [0.25, 0.3) is 0 Å². The normalized spacial score (nSPS) is 22.5. The third-order valence-corrected chi connectivity index (χ3v) is 3.80. The first-order valence-corrected chi connectivity index (χ1v) is 6.81. The minimum Gasteiger partial charge on any atom is -0.491 e. The van der Waals surface area contributed by atoms with Gasteiger partial charge in [0.25, 0.3) is 0 Å². The first-order chi connectivity index (χ1) is 9.06. The van der Waals surface area contributed by atoms with Crippen LogP contribution in [0.15, 0.2) is 18.2 Å². The van der Waals surface area contributed by atoms with Crippen LogP contribution in [0.4, 0.5) is 0 Å². The van der Waals surface area contributed by atoms with E-state index in [1.165, 1.54) is 0 Å². The Morgan fingerprint density at radius 1 is 1.42 bits per heavy atom. The van der Waals surface area contributed by atoms with Crippen molar-refractivity contribution >= 4 is 0 Å². The van der Waals surface area contributed by atoms with E-state index in [0.29, 0.717) is 19.1 Å². The van der Waals surface area contributed by atoms with Crippen LogP contribution in [-0.2, 0) is 0 Å². The smallest absolute Gasteiger partial charge is 0.128 e. The van der Waals surface area contributed by atoms with Crippen molar-refractivity contribution in [2.45, 2.75) is 31.9 Å². The predicted molar refractivity (Wildman–Crippen MR) is 74.5 cm³/mol. The van der Waals surface area contributed by atoms with Gasteiger partial charge in [0.05, 0.1) is 12.6 Å². The highest BCUT2D eigenvalue weighted by atomic mass is 16.5. The molecule has 19 heavy (non-hydrogen) atoms. The maximum Gasteiger partial charge on any atom is 0.128 e.